The van der Waals surface area contributed by atoms with Gasteiger partial charge in [0.25, 0.3) is 0 Å². The van der Waals surface area contributed by atoms with Gasteiger partial charge in [-0.2, -0.15) is 0 Å². The lowest BCUT2D eigenvalue weighted by Gasteiger charge is -2.30. The van der Waals surface area contributed by atoms with Crippen LogP contribution in [0.1, 0.15) is 57.3 Å². The van der Waals surface area contributed by atoms with Crippen LogP contribution in [-0.4, -0.2) is 9.55 Å². The maximum Gasteiger partial charge on any atom is 0.138 e. The first-order valence-electron chi connectivity index (χ1n) is 7.32. The van der Waals surface area contributed by atoms with Gasteiger partial charge in [0.1, 0.15) is 11.6 Å². The zero-order valence-corrected chi connectivity index (χ0v) is 15.4. The lowest BCUT2D eigenvalue weighted by molar-refractivity contribution is 0.260. The van der Waals surface area contributed by atoms with Gasteiger partial charge in [-0.05, 0) is 53.8 Å². The quantitative estimate of drug-likeness (QED) is 0.441. The summed E-state index contributed by atoms with van der Waals surface area (Å²) < 4.78 is 16.8. The fourth-order valence-electron chi connectivity index (χ4n) is 3.50. The predicted molar refractivity (Wildman–Crippen MR) is 93.3 cm³/mol. The molecule has 1 aromatic carbocycles. The number of rotatable bonds is 2. The highest BCUT2D eigenvalue weighted by molar-refractivity contribution is 14.1. The number of alkyl halides is 1. The van der Waals surface area contributed by atoms with Gasteiger partial charge in [-0.3, -0.25) is 0 Å². The molecule has 0 saturated heterocycles. The molecule has 0 amide bonds. The topological polar surface area (TPSA) is 17.8 Å². The molecule has 0 radical (unpaired) electrons. The second-order valence-corrected chi connectivity index (χ2v) is 8.42. The smallest absolute Gasteiger partial charge is 0.138 e. The molecular formula is C16H19ClFIN2. The average molecular weight is 421 g/mol. The van der Waals surface area contributed by atoms with E-state index in [1.807, 2.05) is 35.6 Å². The molecule has 2 aromatic rings. The van der Waals surface area contributed by atoms with Gasteiger partial charge in [0.05, 0.1) is 20.0 Å². The van der Waals surface area contributed by atoms with Crippen LogP contribution in [0.5, 0.6) is 0 Å². The molecule has 1 aliphatic carbocycles. The summed E-state index contributed by atoms with van der Waals surface area (Å²) in [7, 11) is 0. The molecular weight excluding hydrogens is 402 g/mol. The lowest BCUT2D eigenvalue weighted by atomic mass is 9.87. The van der Waals surface area contributed by atoms with E-state index >= 15 is 0 Å². The monoisotopic (exact) mass is 420 g/mol. The van der Waals surface area contributed by atoms with Crippen LogP contribution in [0.15, 0.2) is 12.1 Å². The summed E-state index contributed by atoms with van der Waals surface area (Å²) in [4.78, 5) is 4.68. The number of nitrogens with zero attached hydrogens (tertiary/aromatic N) is 2. The highest BCUT2D eigenvalue weighted by atomic mass is 127. The van der Waals surface area contributed by atoms with Gasteiger partial charge < -0.3 is 4.57 Å². The van der Waals surface area contributed by atoms with Crippen molar-refractivity contribution in [2.24, 2.45) is 5.41 Å². The first-order valence-corrected chi connectivity index (χ1v) is 8.84. The SMILES string of the molecule is CC(Cl)c1nc2cc(I)c(F)cc2n1C1CCCC1(C)C. The highest BCUT2D eigenvalue weighted by Crippen LogP contribution is 2.48. The number of hydrogen-bond donors (Lipinski definition) is 0. The van der Waals surface area contributed by atoms with Gasteiger partial charge in [0.15, 0.2) is 0 Å². The minimum atomic E-state index is -0.186. The van der Waals surface area contributed by atoms with Crippen molar-refractivity contribution >= 4 is 45.2 Å². The Morgan fingerprint density at radius 1 is 1.48 bits per heavy atom. The molecule has 0 spiro atoms. The summed E-state index contributed by atoms with van der Waals surface area (Å²) in [6.45, 7) is 6.49. The number of halogens is 3. The van der Waals surface area contributed by atoms with Crippen LogP contribution in [0.4, 0.5) is 4.39 Å². The van der Waals surface area contributed by atoms with Crippen molar-refractivity contribution in [3.63, 3.8) is 0 Å². The van der Waals surface area contributed by atoms with Crippen LogP contribution < -0.4 is 0 Å². The Morgan fingerprint density at radius 2 is 2.19 bits per heavy atom. The van der Waals surface area contributed by atoms with Crippen LogP contribution >= 0.6 is 34.2 Å². The summed E-state index contributed by atoms with van der Waals surface area (Å²) >= 11 is 8.36. The minimum absolute atomic E-state index is 0.186. The van der Waals surface area contributed by atoms with Crippen molar-refractivity contribution in [3.05, 3.63) is 27.3 Å². The lowest BCUT2D eigenvalue weighted by Crippen LogP contribution is -2.23. The number of hydrogen-bond acceptors (Lipinski definition) is 1. The third kappa shape index (κ3) is 2.58. The van der Waals surface area contributed by atoms with Gasteiger partial charge in [0, 0.05) is 12.1 Å². The molecule has 21 heavy (non-hydrogen) atoms. The molecule has 2 unspecified atom stereocenters. The predicted octanol–water partition coefficient (Wildman–Crippen LogP) is 5.83. The van der Waals surface area contributed by atoms with Crippen LogP contribution in [0, 0.1) is 14.8 Å². The number of aromatic nitrogens is 2. The van der Waals surface area contributed by atoms with Gasteiger partial charge >= 0.3 is 0 Å². The van der Waals surface area contributed by atoms with Gasteiger partial charge in [-0.1, -0.05) is 20.3 Å². The van der Waals surface area contributed by atoms with E-state index in [4.69, 9.17) is 11.6 Å². The third-order valence-corrected chi connectivity index (χ3v) is 5.65. The Hall–Kier alpha value is -0.360. The fraction of sp³-hybridized carbons (Fsp3) is 0.562. The first-order chi connectivity index (χ1) is 9.81. The largest absolute Gasteiger partial charge is 0.323 e. The van der Waals surface area contributed by atoms with E-state index in [1.165, 1.54) is 12.8 Å². The summed E-state index contributed by atoms with van der Waals surface area (Å²) in [5.74, 6) is 0.668. The molecule has 1 saturated carbocycles. The molecule has 0 bridgehead atoms. The summed E-state index contributed by atoms with van der Waals surface area (Å²) in [5, 5.41) is -0.186. The van der Waals surface area contributed by atoms with E-state index in [-0.39, 0.29) is 16.6 Å². The molecule has 0 N–H and O–H groups in total. The van der Waals surface area contributed by atoms with E-state index in [0.717, 1.165) is 23.3 Å². The highest BCUT2D eigenvalue weighted by Gasteiger charge is 2.38. The van der Waals surface area contributed by atoms with E-state index in [1.54, 1.807) is 6.07 Å². The normalized spacial score (nSPS) is 22.9. The Bertz CT molecular complexity index is 693. The average Bonchev–Trinajstić information content (AvgIpc) is 2.90. The Balaban J connectivity index is 2.28. The van der Waals surface area contributed by atoms with Crippen molar-refractivity contribution < 1.29 is 4.39 Å². The van der Waals surface area contributed by atoms with Gasteiger partial charge in [-0.25, -0.2) is 9.37 Å². The molecule has 5 heteroatoms. The van der Waals surface area contributed by atoms with Crippen LogP contribution in [0.3, 0.4) is 0 Å². The zero-order chi connectivity index (χ0) is 15.4. The van der Waals surface area contributed by atoms with Crippen molar-refractivity contribution in [2.45, 2.75) is 51.5 Å². The van der Waals surface area contributed by atoms with E-state index in [2.05, 4.69) is 23.4 Å². The molecule has 114 valence electrons. The molecule has 2 nitrogen and oxygen atoms in total. The van der Waals surface area contributed by atoms with Crippen LogP contribution in [-0.2, 0) is 0 Å². The second-order valence-electron chi connectivity index (χ2n) is 6.61. The van der Waals surface area contributed by atoms with E-state index < -0.39 is 0 Å². The molecule has 3 rings (SSSR count). The van der Waals surface area contributed by atoms with Crippen molar-refractivity contribution in [1.29, 1.82) is 0 Å². The molecule has 1 heterocycles. The van der Waals surface area contributed by atoms with Crippen molar-refractivity contribution in [1.82, 2.24) is 9.55 Å². The molecule has 1 fully saturated rings. The summed E-state index contributed by atoms with van der Waals surface area (Å²) in [6, 6.07) is 3.76. The summed E-state index contributed by atoms with van der Waals surface area (Å²) in [5.41, 5.74) is 1.90. The second kappa shape index (κ2) is 5.37. The van der Waals surface area contributed by atoms with Crippen molar-refractivity contribution in [2.75, 3.05) is 0 Å². The molecule has 0 aliphatic heterocycles. The van der Waals surface area contributed by atoms with Gasteiger partial charge in [0.2, 0.25) is 0 Å². The number of fused-ring (bicyclic) bond motifs is 1. The molecule has 1 aromatic heterocycles. The molecule has 2 atom stereocenters. The number of benzene rings is 1. The number of imidazole rings is 1. The van der Waals surface area contributed by atoms with Gasteiger partial charge in [-0.15, -0.1) is 11.6 Å². The summed E-state index contributed by atoms with van der Waals surface area (Å²) in [6.07, 6.45) is 3.48. The van der Waals surface area contributed by atoms with Crippen LogP contribution in [0.25, 0.3) is 11.0 Å². The maximum atomic E-state index is 14.0. The first kappa shape index (κ1) is 15.5. The maximum absolute atomic E-state index is 14.0. The Morgan fingerprint density at radius 3 is 2.76 bits per heavy atom. The van der Waals surface area contributed by atoms with Crippen LogP contribution in [0.2, 0.25) is 0 Å². The van der Waals surface area contributed by atoms with E-state index in [0.29, 0.717) is 9.61 Å². The Kier molecular flexibility index (Phi) is 3.97. The van der Waals surface area contributed by atoms with E-state index in [9.17, 15) is 4.39 Å². The zero-order valence-electron chi connectivity index (χ0n) is 12.5. The minimum Gasteiger partial charge on any atom is -0.323 e. The molecule has 1 aliphatic rings. The Labute approximate surface area is 143 Å². The standard InChI is InChI=1S/C16H19ClFIN2/c1-9(17)15-20-12-8-11(19)10(18)7-13(12)21(15)14-5-4-6-16(14,2)3/h7-9,14H,4-6H2,1-3H3. The van der Waals surface area contributed by atoms with Crippen molar-refractivity contribution in [3.8, 4) is 0 Å². The third-order valence-electron chi connectivity index (χ3n) is 4.63. The fourth-order valence-corrected chi connectivity index (χ4v) is 4.11.